The molecule has 5 nitrogen and oxygen atoms in total. The highest BCUT2D eigenvalue weighted by Crippen LogP contribution is 2.14. The Bertz CT molecular complexity index is 478. The van der Waals surface area contributed by atoms with Gasteiger partial charge in [0.15, 0.2) is 0 Å². The van der Waals surface area contributed by atoms with Gasteiger partial charge in [-0.05, 0) is 50.3 Å². The number of hydrogen-bond acceptors (Lipinski definition) is 4. The zero-order chi connectivity index (χ0) is 17.5. The zero-order valence-corrected chi connectivity index (χ0v) is 14.8. The molecular formula is C18H30N2O3. The molecule has 0 aliphatic heterocycles. The Kier molecular flexibility index (Phi) is 7.36. The molecule has 5 heteroatoms. The van der Waals surface area contributed by atoms with E-state index in [1.54, 1.807) is 0 Å². The van der Waals surface area contributed by atoms with Crippen LogP contribution >= 0.6 is 0 Å². The van der Waals surface area contributed by atoms with Crippen LogP contribution in [0.1, 0.15) is 40.2 Å². The molecule has 130 valence electrons. The summed E-state index contributed by atoms with van der Waals surface area (Å²) in [5.41, 5.74) is 1.41. The van der Waals surface area contributed by atoms with Crippen LogP contribution in [0.4, 0.5) is 10.5 Å². The number of alkyl carbamates (subject to hydrolysis) is 1. The first-order chi connectivity index (χ1) is 10.7. The predicted molar refractivity (Wildman–Crippen MR) is 93.4 cm³/mol. The molecule has 3 N–H and O–H groups in total. The Labute approximate surface area is 139 Å². The first kappa shape index (κ1) is 19.3. The second-order valence-corrected chi connectivity index (χ2v) is 7.12. The van der Waals surface area contributed by atoms with Crippen molar-refractivity contribution >= 4 is 11.8 Å². The molecule has 0 spiro atoms. The van der Waals surface area contributed by atoms with Crippen molar-refractivity contribution in [3.8, 4) is 0 Å². The Hall–Kier alpha value is -1.75. The second kappa shape index (κ2) is 8.77. The van der Waals surface area contributed by atoms with Crippen LogP contribution in [-0.2, 0) is 11.3 Å². The van der Waals surface area contributed by atoms with Gasteiger partial charge >= 0.3 is 6.09 Å². The summed E-state index contributed by atoms with van der Waals surface area (Å²) in [6, 6.07) is 7.69. The van der Waals surface area contributed by atoms with E-state index < -0.39 is 5.60 Å². The molecular weight excluding hydrogens is 292 g/mol. The van der Waals surface area contributed by atoms with E-state index in [-0.39, 0.29) is 12.7 Å². The summed E-state index contributed by atoms with van der Waals surface area (Å²) in [6.07, 6.45) is -0.379. The van der Waals surface area contributed by atoms with Crippen LogP contribution in [-0.4, -0.2) is 29.9 Å². The molecule has 1 rings (SSSR count). The summed E-state index contributed by atoms with van der Waals surface area (Å²) in [6.45, 7) is 11.2. The van der Waals surface area contributed by atoms with Gasteiger partial charge in [0.1, 0.15) is 5.60 Å². The summed E-state index contributed by atoms with van der Waals surface area (Å²) < 4.78 is 5.26. The number of amides is 1. The van der Waals surface area contributed by atoms with Gasteiger partial charge in [0, 0.05) is 18.8 Å². The van der Waals surface area contributed by atoms with Gasteiger partial charge in [0.05, 0.1) is 6.61 Å². The van der Waals surface area contributed by atoms with E-state index in [0.717, 1.165) is 17.8 Å². The highest BCUT2D eigenvalue weighted by atomic mass is 16.6. The molecule has 0 saturated heterocycles. The van der Waals surface area contributed by atoms with E-state index in [1.807, 2.05) is 45.0 Å². The molecule has 1 aromatic carbocycles. The Balaban J connectivity index is 2.47. The van der Waals surface area contributed by atoms with Crippen molar-refractivity contribution in [1.82, 2.24) is 5.32 Å². The summed E-state index contributed by atoms with van der Waals surface area (Å²) >= 11 is 0. The number of carbonyl (C=O) groups excluding carboxylic acids is 1. The number of nitrogens with one attached hydrogen (secondary N) is 2. The third-order valence-electron chi connectivity index (χ3n) is 3.56. The lowest BCUT2D eigenvalue weighted by Crippen LogP contribution is -2.38. The smallest absolute Gasteiger partial charge is 0.407 e. The fourth-order valence-electron chi connectivity index (χ4n) is 2.05. The van der Waals surface area contributed by atoms with Crippen LogP contribution in [0.25, 0.3) is 0 Å². The van der Waals surface area contributed by atoms with Crippen LogP contribution in [0, 0.1) is 11.8 Å². The zero-order valence-electron chi connectivity index (χ0n) is 14.8. The molecule has 0 heterocycles. The first-order valence-corrected chi connectivity index (χ1v) is 8.12. The highest BCUT2D eigenvalue weighted by molar-refractivity contribution is 5.67. The SMILES string of the molecule is CC(C)C(CNC(=O)OC(C)(C)C)CNc1ccc(CO)cc1. The lowest BCUT2D eigenvalue weighted by molar-refractivity contribution is 0.0516. The molecule has 0 fully saturated rings. The fourth-order valence-corrected chi connectivity index (χ4v) is 2.05. The van der Waals surface area contributed by atoms with E-state index >= 15 is 0 Å². The van der Waals surface area contributed by atoms with Gasteiger partial charge in [-0.15, -0.1) is 0 Å². The van der Waals surface area contributed by atoms with Crippen molar-refractivity contribution < 1.29 is 14.6 Å². The monoisotopic (exact) mass is 322 g/mol. The number of anilines is 1. The molecule has 0 bridgehead atoms. The van der Waals surface area contributed by atoms with E-state index in [2.05, 4.69) is 24.5 Å². The number of aliphatic hydroxyl groups excluding tert-OH is 1. The Morgan fingerprint density at radius 3 is 2.26 bits per heavy atom. The van der Waals surface area contributed by atoms with Crippen LogP contribution in [0.2, 0.25) is 0 Å². The van der Waals surface area contributed by atoms with Crippen molar-refractivity contribution in [1.29, 1.82) is 0 Å². The summed E-state index contributed by atoms with van der Waals surface area (Å²) in [5, 5.41) is 15.3. The fraction of sp³-hybridized carbons (Fsp3) is 0.611. The van der Waals surface area contributed by atoms with Gasteiger partial charge in [-0.1, -0.05) is 26.0 Å². The minimum Gasteiger partial charge on any atom is -0.444 e. The number of aliphatic hydroxyl groups is 1. The number of carbonyl (C=O) groups is 1. The highest BCUT2D eigenvalue weighted by Gasteiger charge is 2.19. The van der Waals surface area contributed by atoms with Gasteiger partial charge in [-0.2, -0.15) is 0 Å². The number of hydrogen-bond donors (Lipinski definition) is 3. The van der Waals surface area contributed by atoms with Crippen molar-refractivity contribution in [2.75, 3.05) is 18.4 Å². The van der Waals surface area contributed by atoms with Crippen molar-refractivity contribution in [3.05, 3.63) is 29.8 Å². The first-order valence-electron chi connectivity index (χ1n) is 8.12. The maximum Gasteiger partial charge on any atom is 0.407 e. The minimum absolute atomic E-state index is 0.0503. The van der Waals surface area contributed by atoms with Gasteiger partial charge in [0.25, 0.3) is 0 Å². The largest absolute Gasteiger partial charge is 0.444 e. The van der Waals surface area contributed by atoms with E-state index in [0.29, 0.717) is 18.4 Å². The molecule has 0 radical (unpaired) electrons. The molecule has 1 atom stereocenters. The maximum atomic E-state index is 11.8. The number of benzene rings is 1. The van der Waals surface area contributed by atoms with Crippen LogP contribution in [0.15, 0.2) is 24.3 Å². The molecule has 0 aromatic heterocycles. The molecule has 0 aliphatic rings. The van der Waals surface area contributed by atoms with Gasteiger partial charge < -0.3 is 20.5 Å². The average molecular weight is 322 g/mol. The molecule has 0 saturated carbocycles. The van der Waals surface area contributed by atoms with Crippen LogP contribution in [0.5, 0.6) is 0 Å². The van der Waals surface area contributed by atoms with E-state index in [9.17, 15) is 4.79 Å². The third-order valence-corrected chi connectivity index (χ3v) is 3.56. The third kappa shape index (κ3) is 7.88. The lowest BCUT2D eigenvalue weighted by atomic mass is 9.95. The van der Waals surface area contributed by atoms with Gasteiger partial charge in [-0.3, -0.25) is 0 Å². The number of rotatable bonds is 7. The topological polar surface area (TPSA) is 70.6 Å². The Morgan fingerprint density at radius 1 is 1.17 bits per heavy atom. The van der Waals surface area contributed by atoms with Crippen molar-refractivity contribution in [3.63, 3.8) is 0 Å². The van der Waals surface area contributed by atoms with Gasteiger partial charge in [0.2, 0.25) is 0 Å². The number of ether oxygens (including phenoxy) is 1. The molecule has 23 heavy (non-hydrogen) atoms. The minimum atomic E-state index is -0.482. The van der Waals surface area contributed by atoms with E-state index in [1.165, 1.54) is 0 Å². The standard InChI is InChI=1S/C18H30N2O3/c1-13(2)15(11-20-17(22)23-18(3,4)5)10-19-16-8-6-14(12-21)7-9-16/h6-9,13,15,19,21H,10-12H2,1-5H3,(H,20,22). The lowest BCUT2D eigenvalue weighted by Gasteiger charge is -2.24. The summed E-state index contributed by atoms with van der Waals surface area (Å²) in [5.74, 6) is 0.717. The quantitative estimate of drug-likeness (QED) is 0.719. The van der Waals surface area contributed by atoms with Crippen molar-refractivity contribution in [2.24, 2.45) is 11.8 Å². The predicted octanol–water partition coefficient (Wildman–Crippen LogP) is 3.39. The second-order valence-electron chi connectivity index (χ2n) is 7.12. The molecule has 1 unspecified atom stereocenters. The van der Waals surface area contributed by atoms with E-state index in [4.69, 9.17) is 9.84 Å². The Morgan fingerprint density at radius 2 is 1.78 bits per heavy atom. The van der Waals surface area contributed by atoms with Gasteiger partial charge in [-0.25, -0.2) is 4.79 Å². The molecule has 0 aliphatic carbocycles. The normalized spacial score (nSPS) is 12.8. The summed E-state index contributed by atoms with van der Waals surface area (Å²) in [4.78, 5) is 11.8. The van der Waals surface area contributed by atoms with Crippen LogP contribution in [0.3, 0.4) is 0 Å². The average Bonchev–Trinajstić information content (AvgIpc) is 2.45. The molecule has 1 aromatic rings. The maximum absolute atomic E-state index is 11.8. The molecule has 1 amide bonds. The summed E-state index contributed by atoms with van der Waals surface area (Å²) in [7, 11) is 0. The van der Waals surface area contributed by atoms with Crippen LogP contribution < -0.4 is 10.6 Å². The van der Waals surface area contributed by atoms with Crippen molar-refractivity contribution in [2.45, 2.75) is 46.8 Å².